The number of hydrogen-bond acceptors (Lipinski definition) is 4. The fraction of sp³-hybridized carbons (Fsp3) is 0.900. The first-order valence-corrected chi connectivity index (χ1v) is 5.56. The number of nitrogens with one attached hydrogen (secondary N) is 1. The molecule has 0 bridgehead atoms. The van der Waals surface area contributed by atoms with E-state index in [1.807, 2.05) is 11.8 Å². The highest BCUT2D eigenvalue weighted by atomic mass is 35.5. The number of carbonyl (C=O) groups excluding carboxylic acids is 1. The fourth-order valence-electron chi connectivity index (χ4n) is 1.97. The number of nitrogens with two attached hydrogens (primary N) is 1. The summed E-state index contributed by atoms with van der Waals surface area (Å²) < 4.78 is 5.44. The highest BCUT2D eigenvalue weighted by molar-refractivity contribution is 5.85. The van der Waals surface area contributed by atoms with Crippen molar-refractivity contribution in [3.05, 3.63) is 0 Å². The second kappa shape index (κ2) is 5.82. The lowest BCUT2D eigenvalue weighted by Gasteiger charge is -2.29. The Balaban J connectivity index is 0.00000128. The van der Waals surface area contributed by atoms with Gasteiger partial charge in [-0.15, -0.1) is 12.4 Å². The molecule has 6 heteroatoms. The molecule has 0 aliphatic carbocycles. The molecule has 2 rings (SSSR count). The summed E-state index contributed by atoms with van der Waals surface area (Å²) in [6.45, 7) is 4.70. The van der Waals surface area contributed by atoms with Crippen molar-refractivity contribution in [2.24, 2.45) is 5.73 Å². The van der Waals surface area contributed by atoms with Crippen molar-refractivity contribution in [2.75, 3.05) is 26.2 Å². The van der Waals surface area contributed by atoms with Crippen LogP contribution in [0.4, 0.5) is 0 Å². The van der Waals surface area contributed by atoms with Gasteiger partial charge in [0.05, 0.1) is 6.10 Å². The summed E-state index contributed by atoms with van der Waals surface area (Å²) in [5.41, 5.74) is 5.86. The molecule has 5 nitrogen and oxygen atoms in total. The SMILES string of the molecule is CC1C(N)CCN1C(=O)COC1CNC1.Cl. The molecule has 16 heavy (non-hydrogen) atoms. The fourth-order valence-corrected chi connectivity index (χ4v) is 1.97. The predicted molar refractivity (Wildman–Crippen MR) is 63.6 cm³/mol. The minimum absolute atomic E-state index is 0. The van der Waals surface area contributed by atoms with Crippen LogP contribution in [0.3, 0.4) is 0 Å². The third-order valence-electron chi connectivity index (χ3n) is 3.32. The van der Waals surface area contributed by atoms with Gasteiger partial charge in [-0.2, -0.15) is 0 Å². The molecule has 0 aromatic carbocycles. The van der Waals surface area contributed by atoms with E-state index < -0.39 is 0 Å². The van der Waals surface area contributed by atoms with Crippen LogP contribution in [-0.2, 0) is 9.53 Å². The minimum atomic E-state index is 0. The highest BCUT2D eigenvalue weighted by Gasteiger charge is 2.31. The second-order valence-electron chi connectivity index (χ2n) is 4.37. The van der Waals surface area contributed by atoms with Gasteiger partial charge in [0.1, 0.15) is 6.61 Å². The van der Waals surface area contributed by atoms with Crippen LogP contribution in [0.15, 0.2) is 0 Å². The Morgan fingerprint density at radius 2 is 2.25 bits per heavy atom. The molecule has 0 aromatic rings. The number of halogens is 1. The first-order chi connectivity index (χ1) is 7.18. The maximum atomic E-state index is 11.8. The molecule has 2 heterocycles. The van der Waals surface area contributed by atoms with E-state index in [0.29, 0.717) is 0 Å². The monoisotopic (exact) mass is 249 g/mol. The Hall–Kier alpha value is -0.360. The summed E-state index contributed by atoms with van der Waals surface area (Å²) in [4.78, 5) is 13.6. The summed E-state index contributed by atoms with van der Waals surface area (Å²) in [5, 5.41) is 3.10. The molecule has 0 radical (unpaired) electrons. The van der Waals surface area contributed by atoms with E-state index in [0.717, 1.165) is 26.1 Å². The summed E-state index contributed by atoms with van der Waals surface area (Å²) in [5.74, 6) is 0.0716. The van der Waals surface area contributed by atoms with Gasteiger partial charge in [0.2, 0.25) is 5.91 Å². The number of nitrogens with zero attached hydrogens (tertiary/aromatic N) is 1. The van der Waals surface area contributed by atoms with E-state index in [1.165, 1.54) is 0 Å². The minimum Gasteiger partial charge on any atom is -0.366 e. The number of carbonyl (C=O) groups is 1. The van der Waals surface area contributed by atoms with E-state index in [9.17, 15) is 4.79 Å². The van der Waals surface area contributed by atoms with Gasteiger partial charge in [0, 0.05) is 31.7 Å². The molecular weight excluding hydrogens is 230 g/mol. The smallest absolute Gasteiger partial charge is 0.248 e. The normalized spacial score (nSPS) is 29.8. The van der Waals surface area contributed by atoms with Crippen LogP contribution in [0.5, 0.6) is 0 Å². The van der Waals surface area contributed by atoms with Crippen LogP contribution in [-0.4, -0.2) is 55.2 Å². The maximum absolute atomic E-state index is 11.8. The Kier molecular flexibility index (Phi) is 4.98. The van der Waals surface area contributed by atoms with Crippen LogP contribution >= 0.6 is 12.4 Å². The molecule has 1 amide bonds. The zero-order valence-corrected chi connectivity index (χ0v) is 10.3. The summed E-state index contributed by atoms with van der Waals surface area (Å²) in [6.07, 6.45) is 1.12. The number of amides is 1. The summed E-state index contributed by atoms with van der Waals surface area (Å²) in [6, 6.07) is 0.278. The Morgan fingerprint density at radius 3 is 2.69 bits per heavy atom. The second-order valence-corrected chi connectivity index (χ2v) is 4.37. The molecule has 2 aliphatic rings. The van der Waals surface area contributed by atoms with Gasteiger partial charge in [-0.05, 0) is 13.3 Å². The Morgan fingerprint density at radius 1 is 1.56 bits per heavy atom. The average molecular weight is 250 g/mol. The lowest BCUT2D eigenvalue weighted by Crippen LogP contribution is -2.50. The average Bonchev–Trinajstić information content (AvgIpc) is 2.45. The zero-order chi connectivity index (χ0) is 10.8. The van der Waals surface area contributed by atoms with Crippen LogP contribution in [0, 0.1) is 0 Å². The first kappa shape index (κ1) is 13.7. The lowest BCUT2D eigenvalue weighted by atomic mass is 10.2. The van der Waals surface area contributed by atoms with Crippen LogP contribution in [0.1, 0.15) is 13.3 Å². The molecular formula is C10H20ClN3O2. The van der Waals surface area contributed by atoms with Crippen molar-refractivity contribution in [1.82, 2.24) is 10.2 Å². The van der Waals surface area contributed by atoms with E-state index >= 15 is 0 Å². The third-order valence-corrected chi connectivity index (χ3v) is 3.32. The van der Waals surface area contributed by atoms with Crippen LogP contribution < -0.4 is 11.1 Å². The van der Waals surface area contributed by atoms with Gasteiger partial charge >= 0.3 is 0 Å². The molecule has 3 N–H and O–H groups in total. The number of ether oxygens (including phenoxy) is 1. The molecule has 0 aromatic heterocycles. The highest BCUT2D eigenvalue weighted by Crippen LogP contribution is 2.16. The molecule has 2 fully saturated rings. The van der Waals surface area contributed by atoms with Gasteiger partial charge in [0.25, 0.3) is 0 Å². The van der Waals surface area contributed by atoms with E-state index in [2.05, 4.69) is 5.32 Å². The lowest BCUT2D eigenvalue weighted by molar-refractivity contribution is -0.139. The third kappa shape index (κ3) is 2.85. The van der Waals surface area contributed by atoms with E-state index in [-0.39, 0.29) is 43.1 Å². The first-order valence-electron chi connectivity index (χ1n) is 5.56. The van der Waals surface area contributed by atoms with Gasteiger partial charge < -0.3 is 20.7 Å². The van der Waals surface area contributed by atoms with E-state index in [1.54, 1.807) is 0 Å². The number of hydrogen-bond donors (Lipinski definition) is 2. The van der Waals surface area contributed by atoms with Crippen molar-refractivity contribution in [3.63, 3.8) is 0 Å². The van der Waals surface area contributed by atoms with Crippen LogP contribution in [0.25, 0.3) is 0 Å². The van der Waals surface area contributed by atoms with Crippen molar-refractivity contribution in [2.45, 2.75) is 31.5 Å². The van der Waals surface area contributed by atoms with Gasteiger partial charge in [-0.3, -0.25) is 4.79 Å². The molecule has 2 unspecified atom stereocenters. The summed E-state index contributed by atoms with van der Waals surface area (Å²) in [7, 11) is 0. The molecule has 2 saturated heterocycles. The molecule has 2 atom stereocenters. The Bertz CT molecular complexity index is 248. The molecule has 2 aliphatic heterocycles. The van der Waals surface area contributed by atoms with Crippen molar-refractivity contribution in [3.8, 4) is 0 Å². The van der Waals surface area contributed by atoms with Gasteiger partial charge in [-0.1, -0.05) is 0 Å². The quantitative estimate of drug-likeness (QED) is 0.697. The number of likely N-dealkylation sites (tertiary alicyclic amines) is 1. The van der Waals surface area contributed by atoms with Gasteiger partial charge in [-0.25, -0.2) is 0 Å². The number of rotatable bonds is 3. The Labute approximate surface area is 102 Å². The van der Waals surface area contributed by atoms with Crippen molar-refractivity contribution in [1.29, 1.82) is 0 Å². The molecule has 0 spiro atoms. The van der Waals surface area contributed by atoms with Gasteiger partial charge in [0.15, 0.2) is 0 Å². The molecule has 0 saturated carbocycles. The topological polar surface area (TPSA) is 67.6 Å². The van der Waals surface area contributed by atoms with Crippen molar-refractivity contribution >= 4 is 18.3 Å². The molecule has 94 valence electrons. The summed E-state index contributed by atoms with van der Waals surface area (Å²) >= 11 is 0. The zero-order valence-electron chi connectivity index (χ0n) is 9.52. The maximum Gasteiger partial charge on any atom is 0.248 e. The van der Waals surface area contributed by atoms with Crippen LogP contribution in [0.2, 0.25) is 0 Å². The largest absolute Gasteiger partial charge is 0.366 e. The van der Waals surface area contributed by atoms with E-state index in [4.69, 9.17) is 10.5 Å². The van der Waals surface area contributed by atoms with Crippen molar-refractivity contribution < 1.29 is 9.53 Å². The standard InChI is InChI=1S/C10H19N3O2.ClH/c1-7-9(11)2-3-13(7)10(14)6-15-8-4-12-5-8;/h7-9,12H,2-6,11H2,1H3;1H. The predicted octanol–water partition coefficient (Wildman–Crippen LogP) is -0.655.